The van der Waals surface area contributed by atoms with Gasteiger partial charge in [-0.2, -0.15) is 0 Å². The molecule has 3 rings (SSSR count). The van der Waals surface area contributed by atoms with E-state index < -0.39 is 5.97 Å². The lowest BCUT2D eigenvalue weighted by Gasteiger charge is -2.19. The molecular weight excluding hydrogens is 316 g/mol. The van der Waals surface area contributed by atoms with Crippen LogP contribution in [-0.2, 0) is 4.79 Å². The van der Waals surface area contributed by atoms with E-state index in [4.69, 9.17) is 5.11 Å². The van der Waals surface area contributed by atoms with Crippen LogP contribution in [0, 0.1) is 23.7 Å². The Labute approximate surface area is 150 Å². The summed E-state index contributed by atoms with van der Waals surface area (Å²) in [5.74, 6) is 0.854. The van der Waals surface area contributed by atoms with Crippen molar-refractivity contribution in [1.29, 1.82) is 0 Å². The van der Waals surface area contributed by atoms with Crippen molar-refractivity contribution >= 4 is 5.97 Å². The van der Waals surface area contributed by atoms with Gasteiger partial charge < -0.3 is 15.3 Å². The zero-order chi connectivity index (χ0) is 17.8. The van der Waals surface area contributed by atoms with E-state index in [0.29, 0.717) is 24.2 Å². The minimum atomic E-state index is -0.726. The molecule has 0 radical (unpaired) electrons. The minimum Gasteiger partial charge on any atom is -0.481 e. The van der Waals surface area contributed by atoms with E-state index in [2.05, 4.69) is 12.2 Å². The summed E-state index contributed by atoms with van der Waals surface area (Å²) in [4.78, 5) is 10.6. The lowest BCUT2D eigenvalue weighted by molar-refractivity contribution is -0.137. The largest absolute Gasteiger partial charge is 0.481 e. The van der Waals surface area contributed by atoms with Crippen LogP contribution in [0.2, 0.25) is 0 Å². The van der Waals surface area contributed by atoms with Crippen LogP contribution in [-0.4, -0.2) is 33.5 Å². The van der Waals surface area contributed by atoms with Crippen molar-refractivity contribution < 1.29 is 20.1 Å². The van der Waals surface area contributed by atoms with E-state index in [9.17, 15) is 15.0 Å². The summed E-state index contributed by atoms with van der Waals surface area (Å²) in [6.45, 7) is 0. The standard InChI is InChI=1S/C21H32O4/c22-19(15-6-2-3-7-15)10-9-17-18-12-14(5-1-4-8-21(24)25)11-16(18)13-20(17)23/h5,9-10,15-20,22-23H,1-4,6-8,11-13H2,(H,24,25)/b10-9+,14-5-/t16?,17?,18?,19-,20+/m0/s1. The molecule has 0 amide bonds. The molecule has 25 heavy (non-hydrogen) atoms. The summed E-state index contributed by atoms with van der Waals surface area (Å²) in [5.41, 5.74) is 1.43. The summed E-state index contributed by atoms with van der Waals surface area (Å²) in [7, 11) is 0. The Kier molecular flexibility index (Phi) is 6.34. The highest BCUT2D eigenvalue weighted by Gasteiger charge is 2.45. The first-order chi connectivity index (χ1) is 12.0. The van der Waals surface area contributed by atoms with Crippen molar-refractivity contribution in [2.75, 3.05) is 0 Å². The fraction of sp³-hybridized carbons (Fsp3) is 0.762. The molecule has 0 heterocycles. The number of carboxylic acids is 1. The van der Waals surface area contributed by atoms with Crippen LogP contribution in [0.1, 0.15) is 64.2 Å². The third kappa shape index (κ3) is 4.73. The van der Waals surface area contributed by atoms with Crippen molar-refractivity contribution in [3.8, 4) is 0 Å². The average molecular weight is 348 g/mol. The Balaban J connectivity index is 1.53. The van der Waals surface area contributed by atoms with Gasteiger partial charge in [-0.05, 0) is 62.7 Å². The summed E-state index contributed by atoms with van der Waals surface area (Å²) in [5, 5.41) is 29.5. The molecule has 0 spiro atoms. The molecule has 0 aromatic carbocycles. The molecule has 3 aliphatic carbocycles. The predicted octanol–water partition coefficient (Wildman–Crippen LogP) is 3.68. The van der Waals surface area contributed by atoms with Gasteiger partial charge in [0, 0.05) is 12.3 Å². The van der Waals surface area contributed by atoms with Crippen LogP contribution in [0.5, 0.6) is 0 Å². The molecule has 140 valence electrons. The maximum Gasteiger partial charge on any atom is 0.303 e. The Morgan fingerprint density at radius 3 is 2.72 bits per heavy atom. The zero-order valence-corrected chi connectivity index (χ0v) is 15.0. The summed E-state index contributed by atoms with van der Waals surface area (Å²) >= 11 is 0. The van der Waals surface area contributed by atoms with E-state index in [1.165, 1.54) is 18.4 Å². The van der Waals surface area contributed by atoms with Crippen LogP contribution < -0.4 is 0 Å². The minimum absolute atomic E-state index is 0.158. The average Bonchev–Trinajstić information content (AvgIpc) is 3.26. The number of allylic oxidation sites excluding steroid dienone is 2. The van der Waals surface area contributed by atoms with Crippen LogP contribution in [0.25, 0.3) is 0 Å². The predicted molar refractivity (Wildman–Crippen MR) is 97.0 cm³/mol. The van der Waals surface area contributed by atoms with Gasteiger partial charge in [0.25, 0.3) is 0 Å². The second-order valence-corrected chi connectivity index (χ2v) is 8.28. The van der Waals surface area contributed by atoms with Crippen LogP contribution in [0.3, 0.4) is 0 Å². The van der Waals surface area contributed by atoms with E-state index in [0.717, 1.165) is 38.5 Å². The maximum absolute atomic E-state index is 10.6. The molecule has 3 saturated carbocycles. The monoisotopic (exact) mass is 348 g/mol. The molecule has 4 nitrogen and oxygen atoms in total. The van der Waals surface area contributed by atoms with E-state index >= 15 is 0 Å². The van der Waals surface area contributed by atoms with Gasteiger partial charge in [0.2, 0.25) is 0 Å². The molecule has 3 unspecified atom stereocenters. The van der Waals surface area contributed by atoms with Crippen molar-refractivity contribution in [3.63, 3.8) is 0 Å². The van der Waals surface area contributed by atoms with Gasteiger partial charge >= 0.3 is 5.97 Å². The van der Waals surface area contributed by atoms with Gasteiger partial charge in [0.1, 0.15) is 0 Å². The van der Waals surface area contributed by atoms with Crippen molar-refractivity contribution in [2.24, 2.45) is 23.7 Å². The normalized spacial score (nSPS) is 35.7. The number of aliphatic carboxylic acids is 1. The first kappa shape index (κ1) is 18.7. The third-order valence-corrected chi connectivity index (χ3v) is 6.55. The van der Waals surface area contributed by atoms with Crippen molar-refractivity contribution in [1.82, 2.24) is 0 Å². The van der Waals surface area contributed by atoms with Crippen LogP contribution in [0.4, 0.5) is 0 Å². The SMILES string of the molecule is O=C(O)CCC/C=C1/CC2C[C@@H](O)C(/C=C/[C@H](O)C3CCCC3)C2C1. The zero-order valence-electron chi connectivity index (χ0n) is 15.0. The molecule has 3 N–H and O–H groups in total. The number of unbranched alkanes of at least 4 members (excludes halogenated alkanes) is 1. The fourth-order valence-electron chi connectivity index (χ4n) is 5.20. The van der Waals surface area contributed by atoms with E-state index in [1.807, 2.05) is 6.08 Å². The molecule has 5 atom stereocenters. The van der Waals surface area contributed by atoms with Gasteiger partial charge in [-0.25, -0.2) is 0 Å². The topological polar surface area (TPSA) is 77.8 Å². The van der Waals surface area contributed by atoms with Gasteiger partial charge in [0.15, 0.2) is 0 Å². The fourth-order valence-corrected chi connectivity index (χ4v) is 5.20. The van der Waals surface area contributed by atoms with Crippen LogP contribution in [0.15, 0.2) is 23.8 Å². The van der Waals surface area contributed by atoms with Gasteiger partial charge in [-0.15, -0.1) is 0 Å². The highest BCUT2D eigenvalue weighted by molar-refractivity contribution is 5.66. The van der Waals surface area contributed by atoms with Crippen molar-refractivity contribution in [2.45, 2.75) is 76.4 Å². The number of rotatable bonds is 7. The summed E-state index contributed by atoms with van der Waals surface area (Å²) in [6, 6.07) is 0. The second kappa shape index (κ2) is 8.50. The smallest absolute Gasteiger partial charge is 0.303 e. The first-order valence-electron chi connectivity index (χ1n) is 9.98. The summed E-state index contributed by atoms with van der Waals surface area (Å²) < 4.78 is 0. The molecule has 0 aliphatic heterocycles. The second-order valence-electron chi connectivity index (χ2n) is 8.28. The quantitative estimate of drug-likeness (QED) is 0.484. The highest BCUT2D eigenvalue weighted by Crippen LogP contribution is 2.50. The maximum atomic E-state index is 10.6. The number of hydrogen-bond donors (Lipinski definition) is 3. The van der Waals surface area contributed by atoms with E-state index in [1.54, 1.807) is 0 Å². The van der Waals surface area contributed by atoms with Gasteiger partial charge in [-0.1, -0.05) is 36.6 Å². The summed E-state index contributed by atoms with van der Waals surface area (Å²) in [6.07, 6.45) is 15.0. The molecule has 4 heteroatoms. The highest BCUT2D eigenvalue weighted by atomic mass is 16.4. The Hall–Kier alpha value is -1.13. The van der Waals surface area contributed by atoms with Gasteiger partial charge in [0.05, 0.1) is 12.2 Å². The number of aliphatic hydroxyl groups is 2. The number of carboxylic acid groups (broad SMARTS) is 1. The number of hydrogen-bond acceptors (Lipinski definition) is 3. The Bertz CT molecular complexity index is 518. The molecule has 0 aromatic heterocycles. The molecular formula is C21H32O4. The molecule has 0 saturated heterocycles. The first-order valence-corrected chi connectivity index (χ1v) is 9.98. The van der Waals surface area contributed by atoms with E-state index in [-0.39, 0.29) is 24.5 Å². The van der Waals surface area contributed by atoms with Gasteiger partial charge in [-0.3, -0.25) is 4.79 Å². The number of fused-ring (bicyclic) bond motifs is 1. The number of aliphatic hydroxyl groups excluding tert-OH is 2. The Morgan fingerprint density at radius 2 is 2.00 bits per heavy atom. The Morgan fingerprint density at radius 1 is 1.24 bits per heavy atom. The lowest BCUT2D eigenvalue weighted by Crippen LogP contribution is -2.19. The third-order valence-electron chi connectivity index (χ3n) is 6.55. The number of carbonyl (C=O) groups is 1. The lowest BCUT2D eigenvalue weighted by atomic mass is 9.89. The molecule has 0 aromatic rings. The molecule has 3 aliphatic rings. The molecule has 0 bridgehead atoms. The molecule has 3 fully saturated rings. The van der Waals surface area contributed by atoms with Crippen molar-refractivity contribution in [3.05, 3.63) is 23.8 Å². The van der Waals surface area contributed by atoms with Crippen LogP contribution >= 0.6 is 0 Å².